The number of nitrogens with zero attached hydrogens (tertiary/aromatic N) is 1. The molecule has 1 heterocycles. The van der Waals surface area contributed by atoms with Crippen molar-refractivity contribution in [1.29, 1.82) is 0 Å². The van der Waals surface area contributed by atoms with Crippen LogP contribution in [0, 0.1) is 6.92 Å². The van der Waals surface area contributed by atoms with E-state index < -0.39 is 5.91 Å². The van der Waals surface area contributed by atoms with E-state index in [2.05, 4.69) is 15.6 Å². The van der Waals surface area contributed by atoms with E-state index in [1.165, 1.54) is 0 Å². The molecule has 0 aliphatic carbocycles. The Balaban J connectivity index is 1.53. The highest BCUT2D eigenvalue weighted by Gasteiger charge is 2.14. The maximum atomic E-state index is 12.3. The summed E-state index contributed by atoms with van der Waals surface area (Å²) in [5.74, 6) is -0.0910. The van der Waals surface area contributed by atoms with Crippen molar-refractivity contribution in [2.45, 2.75) is 19.9 Å². The molecule has 0 spiro atoms. The average molecular weight is 406 g/mol. The van der Waals surface area contributed by atoms with Crippen LogP contribution >= 0.6 is 0 Å². The van der Waals surface area contributed by atoms with Gasteiger partial charge in [0.05, 0.1) is 18.7 Å². The molecule has 0 radical (unpaired) electrons. The van der Waals surface area contributed by atoms with Crippen LogP contribution in [0.1, 0.15) is 27.4 Å². The fourth-order valence-corrected chi connectivity index (χ4v) is 2.75. The van der Waals surface area contributed by atoms with Crippen molar-refractivity contribution in [2.24, 2.45) is 5.73 Å². The van der Waals surface area contributed by atoms with Gasteiger partial charge in [-0.05, 0) is 36.8 Å². The van der Waals surface area contributed by atoms with Gasteiger partial charge in [-0.1, -0.05) is 30.3 Å². The van der Waals surface area contributed by atoms with Crippen molar-refractivity contribution in [1.82, 2.24) is 15.6 Å². The van der Waals surface area contributed by atoms with E-state index in [0.717, 1.165) is 11.1 Å². The van der Waals surface area contributed by atoms with Gasteiger partial charge in [-0.3, -0.25) is 14.4 Å². The SMILES string of the molecule is Cc1oc(-c2ccccc2)nc1CC(=O)NCc1ccc(C(=O)NCC(N)=O)cc1. The fraction of sp³-hybridized carbons (Fsp3) is 0.182. The number of nitrogens with one attached hydrogen (secondary N) is 2. The van der Waals surface area contributed by atoms with Crippen molar-refractivity contribution in [3.05, 3.63) is 77.2 Å². The predicted octanol–water partition coefficient (Wildman–Crippen LogP) is 1.72. The molecule has 8 heteroatoms. The minimum Gasteiger partial charge on any atom is -0.441 e. The smallest absolute Gasteiger partial charge is 0.251 e. The summed E-state index contributed by atoms with van der Waals surface area (Å²) in [7, 11) is 0. The third kappa shape index (κ3) is 5.54. The molecule has 0 aliphatic heterocycles. The van der Waals surface area contributed by atoms with Gasteiger partial charge >= 0.3 is 0 Å². The van der Waals surface area contributed by atoms with Crippen molar-refractivity contribution in [2.75, 3.05) is 6.54 Å². The third-order valence-corrected chi connectivity index (χ3v) is 4.37. The van der Waals surface area contributed by atoms with Crippen molar-refractivity contribution in [3.8, 4) is 11.5 Å². The molecule has 2 aromatic carbocycles. The molecule has 8 nitrogen and oxygen atoms in total. The van der Waals surface area contributed by atoms with Crippen LogP contribution < -0.4 is 16.4 Å². The minimum atomic E-state index is -0.610. The number of amides is 3. The number of carbonyl (C=O) groups is 3. The number of nitrogens with two attached hydrogens (primary N) is 1. The Kier molecular flexibility index (Phi) is 6.59. The second-order valence-electron chi connectivity index (χ2n) is 6.69. The summed E-state index contributed by atoms with van der Waals surface area (Å²) in [5, 5.41) is 5.25. The summed E-state index contributed by atoms with van der Waals surface area (Å²) < 4.78 is 5.68. The summed E-state index contributed by atoms with van der Waals surface area (Å²) in [6.07, 6.45) is 0.107. The Bertz CT molecular complexity index is 1040. The lowest BCUT2D eigenvalue weighted by Crippen LogP contribution is -2.33. The summed E-state index contributed by atoms with van der Waals surface area (Å²) in [6, 6.07) is 16.2. The van der Waals surface area contributed by atoms with Crippen LogP contribution in [0.5, 0.6) is 0 Å². The van der Waals surface area contributed by atoms with Gasteiger partial charge in [0.15, 0.2) is 0 Å². The zero-order chi connectivity index (χ0) is 21.5. The number of rotatable bonds is 8. The maximum absolute atomic E-state index is 12.3. The first kappa shape index (κ1) is 20.8. The molecule has 0 saturated heterocycles. The van der Waals surface area contributed by atoms with Gasteiger partial charge in [0, 0.05) is 17.7 Å². The highest BCUT2D eigenvalue weighted by Crippen LogP contribution is 2.21. The highest BCUT2D eigenvalue weighted by atomic mass is 16.4. The van der Waals surface area contributed by atoms with E-state index in [0.29, 0.717) is 29.5 Å². The van der Waals surface area contributed by atoms with Gasteiger partial charge in [0.1, 0.15) is 5.76 Å². The van der Waals surface area contributed by atoms with E-state index >= 15 is 0 Å². The lowest BCUT2D eigenvalue weighted by molar-refractivity contribution is -0.120. The van der Waals surface area contributed by atoms with Gasteiger partial charge in [-0.15, -0.1) is 0 Å². The fourth-order valence-electron chi connectivity index (χ4n) is 2.75. The molecule has 0 unspecified atom stereocenters. The number of hydrogen-bond donors (Lipinski definition) is 3. The number of hydrogen-bond acceptors (Lipinski definition) is 5. The summed E-state index contributed by atoms with van der Waals surface area (Å²) in [5.41, 5.74) is 7.68. The standard InChI is InChI=1S/C22H22N4O4/c1-14-18(26-22(30-14)17-5-3-2-4-6-17)11-20(28)24-12-15-7-9-16(10-8-15)21(29)25-13-19(23)27/h2-10H,11-13H2,1H3,(H2,23,27)(H,24,28)(H,25,29). The summed E-state index contributed by atoms with van der Waals surface area (Å²) >= 11 is 0. The Morgan fingerprint density at radius 2 is 1.70 bits per heavy atom. The average Bonchev–Trinajstić information content (AvgIpc) is 3.11. The zero-order valence-electron chi connectivity index (χ0n) is 16.5. The number of primary amides is 1. The second-order valence-corrected chi connectivity index (χ2v) is 6.69. The maximum Gasteiger partial charge on any atom is 0.251 e. The first-order valence-electron chi connectivity index (χ1n) is 9.36. The third-order valence-electron chi connectivity index (χ3n) is 4.37. The lowest BCUT2D eigenvalue weighted by Gasteiger charge is -2.06. The zero-order valence-corrected chi connectivity index (χ0v) is 16.5. The normalized spacial score (nSPS) is 10.4. The molecule has 0 aliphatic rings. The lowest BCUT2D eigenvalue weighted by atomic mass is 10.1. The van der Waals surface area contributed by atoms with E-state index in [1.807, 2.05) is 30.3 Å². The number of carbonyl (C=O) groups excluding carboxylic acids is 3. The molecule has 1 aromatic heterocycles. The van der Waals surface area contributed by atoms with E-state index in [9.17, 15) is 14.4 Å². The molecule has 0 saturated carbocycles. The van der Waals surface area contributed by atoms with Crippen LogP contribution in [0.15, 0.2) is 59.0 Å². The summed E-state index contributed by atoms with van der Waals surface area (Å²) in [4.78, 5) is 39.3. The Morgan fingerprint density at radius 1 is 1.00 bits per heavy atom. The molecule has 3 amide bonds. The van der Waals surface area contributed by atoms with Crippen molar-refractivity contribution in [3.63, 3.8) is 0 Å². The molecule has 30 heavy (non-hydrogen) atoms. The van der Waals surface area contributed by atoms with Gasteiger partial charge in [0.2, 0.25) is 17.7 Å². The first-order chi connectivity index (χ1) is 14.4. The molecular formula is C22H22N4O4. The molecule has 0 fully saturated rings. The van der Waals surface area contributed by atoms with Crippen molar-refractivity contribution >= 4 is 17.7 Å². The van der Waals surface area contributed by atoms with Crippen LogP contribution in [-0.4, -0.2) is 29.3 Å². The molecule has 0 atom stereocenters. The minimum absolute atomic E-state index is 0.107. The van der Waals surface area contributed by atoms with Crippen LogP contribution in [0.25, 0.3) is 11.5 Å². The molecular weight excluding hydrogens is 384 g/mol. The number of aryl methyl sites for hydroxylation is 1. The van der Waals surface area contributed by atoms with Gasteiger partial charge < -0.3 is 20.8 Å². The molecule has 4 N–H and O–H groups in total. The number of benzene rings is 2. The second kappa shape index (κ2) is 9.51. The number of oxazole rings is 1. The molecule has 3 aromatic rings. The molecule has 3 rings (SSSR count). The number of aromatic nitrogens is 1. The Labute approximate surface area is 173 Å². The monoisotopic (exact) mass is 406 g/mol. The van der Waals surface area contributed by atoms with Crippen molar-refractivity contribution < 1.29 is 18.8 Å². The van der Waals surface area contributed by atoms with E-state index in [1.54, 1.807) is 31.2 Å². The first-order valence-corrected chi connectivity index (χ1v) is 9.36. The Hall–Kier alpha value is -3.94. The largest absolute Gasteiger partial charge is 0.441 e. The highest BCUT2D eigenvalue weighted by molar-refractivity contribution is 5.96. The molecule has 0 bridgehead atoms. The summed E-state index contributed by atoms with van der Waals surface area (Å²) in [6.45, 7) is 1.87. The van der Waals surface area contributed by atoms with Crippen LogP contribution in [0.4, 0.5) is 0 Å². The van der Waals surface area contributed by atoms with Crippen LogP contribution in [0.3, 0.4) is 0 Å². The predicted molar refractivity (Wildman–Crippen MR) is 110 cm³/mol. The van der Waals surface area contributed by atoms with Gasteiger partial charge in [-0.2, -0.15) is 0 Å². The Morgan fingerprint density at radius 3 is 2.37 bits per heavy atom. The van der Waals surface area contributed by atoms with Crippen LogP contribution in [-0.2, 0) is 22.6 Å². The van der Waals surface area contributed by atoms with Crippen LogP contribution in [0.2, 0.25) is 0 Å². The van der Waals surface area contributed by atoms with Gasteiger partial charge in [0.25, 0.3) is 5.91 Å². The quantitative estimate of drug-likeness (QED) is 0.525. The van der Waals surface area contributed by atoms with E-state index in [4.69, 9.17) is 10.2 Å². The topological polar surface area (TPSA) is 127 Å². The van der Waals surface area contributed by atoms with Gasteiger partial charge in [-0.25, -0.2) is 4.98 Å². The van der Waals surface area contributed by atoms with E-state index in [-0.39, 0.29) is 24.8 Å². The molecule has 154 valence electrons.